The molecule has 0 saturated carbocycles. The van der Waals surface area contributed by atoms with Crippen molar-refractivity contribution in [1.29, 1.82) is 0 Å². The normalized spacial score (nSPS) is 16.5. The van der Waals surface area contributed by atoms with Crippen molar-refractivity contribution < 1.29 is 19.6 Å². The molecule has 1 aliphatic heterocycles. The molecule has 1 unspecified atom stereocenters. The van der Waals surface area contributed by atoms with Crippen molar-refractivity contribution in [1.82, 2.24) is 10.2 Å². The first-order chi connectivity index (χ1) is 11.4. The minimum absolute atomic E-state index is 0.0116. The van der Waals surface area contributed by atoms with E-state index in [1.54, 1.807) is 17.0 Å². The maximum Gasteiger partial charge on any atom is 0.317 e. The molecule has 2 N–H and O–H groups in total. The number of piperidine rings is 1. The van der Waals surface area contributed by atoms with Gasteiger partial charge in [0.15, 0.2) is 0 Å². The van der Waals surface area contributed by atoms with Gasteiger partial charge in [0.05, 0.1) is 16.9 Å². The number of likely N-dealkylation sites (tertiary alicyclic amines) is 1. The van der Waals surface area contributed by atoms with Crippen LogP contribution in [0.5, 0.6) is 0 Å². The number of hydrogen-bond acceptors (Lipinski definition) is 4. The highest BCUT2D eigenvalue weighted by Crippen LogP contribution is 2.23. The van der Waals surface area contributed by atoms with E-state index in [-0.39, 0.29) is 17.8 Å². The summed E-state index contributed by atoms with van der Waals surface area (Å²) in [5, 5.41) is 22.8. The molecule has 1 fully saturated rings. The zero-order valence-electron chi connectivity index (χ0n) is 13.5. The first-order valence-electron chi connectivity index (χ1n) is 7.95. The third kappa shape index (κ3) is 4.21. The summed E-state index contributed by atoms with van der Waals surface area (Å²) in [4.78, 5) is 35.3. The van der Waals surface area contributed by atoms with Crippen molar-refractivity contribution in [2.75, 3.05) is 13.1 Å². The van der Waals surface area contributed by atoms with E-state index >= 15 is 0 Å². The quantitative estimate of drug-likeness (QED) is 0.634. The summed E-state index contributed by atoms with van der Waals surface area (Å²) in [5.74, 6) is -1.22. The number of rotatable bonds is 5. The molecule has 2 amide bonds. The Morgan fingerprint density at radius 1 is 1.42 bits per heavy atom. The van der Waals surface area contributed by atoms with Gasteiger partial charge in [-0.1, -0.05) is 19.1 Å². The zero-order valence-corrected chi connectivity index (χ0v) is 13.5. The van der Waals surface area contributed by atoms with Crippen LogP contribution in [-0.2, 0) is 4.79 Å². The minimum atomic E-state index is -0.821. The van der Waals surface area contributed by atoms with Gasteiger partial charge in [-0.05, 0) is 24.8 Å². The van der Waals surface area contributed by atoms with Crippen LogP contribution in [0, 0.1) is 16.0 Å². The van der Waals surface area contributed by atoms with Crippen LogP contribution in [0.2, 0.25) is 0 Å². The first-order valence-corrected chi connectivity index (χ1v) is 7.95. The Kier molecular flexibility index (Phi) is 5.73. The lowest BCUT2D eigenvalue weighted by Gasteiger charge is -2.31. The van der Waals surface area contributed by atoms with Crippen LogP contribution in [0.4, 0.5) is 10.5 Å². The molecule has 1 saturated heterocycles. The molecule has 2 rings (SSSR count). The SMILES string of the molecule is CCC(NC(=O)N1CCC(C(=O)O)CC1)c1cccc([N+](=O)[O-])c1. The van der Waals surface area contributed by atoms with Crippen molar-refractivity contribution in [2.45, 2.75) is 32.2 Å². The molecule has 8 heteroatoms. The Bertz CT molecular complexity index is 626. The number of urea groups is 1. The average molecular weight is 335 g/mol. The fourth-order valence-corrected chi connectivity index (χ4v) is 2.85. The second-order valence-electron chi connectivity index (χ2n) is 5.86. The third-order valence-corrected chi connectivity index (χ3v) is 4.32. The van der Waals surface area contributed by atoms with Crippen molar-refractivity contribution in [3.63, 3.8) is 0 Å². The number of benzene rings is 1. The van der Waals surface area contributed by atoms with E-state index in [2.05, 4.69) is 5.32 Å². The van der Waals surface area contributed by atoms with Gasteiger partial charge in [0, 0.05) is 25.2 Å². The molecule has 0 aliphatic carbocycles. The molecule has 0 bridgehead atoms. The molecule has 130 valence electrons. The number of aliphatic carboxylic acids is 1. The van der Waals surface area contributed by atoms with Crippen LogP contribution >= 0.6 is 0 Å². The predicted molar refractivity (Wildman–Crippen MR) is 86.6 cm³/mol. The number of nitrogens with zero attached hydrogens (tertiary/aromatic N) is 2. The Balaban J connectivity index is 2.00. The van der Waals surface area contributed by atoms with E-state index in [9.17, 15) is 19.7 Å². The van der Waals surface area contributed by atoms with Gasteiger partial charge in [-0.25, -0.2) is 4.79 Å². The van der Waals surface area contributed by atoms with Gasteiger partial charge in [-0.15, -0.1) is 0 Å². The van der Waals surface area contributed by atoms with E-state index in [0.717, 1.165) is 0 Å². The lowest BCUT2D eigenvalue weighted by molar-refractivity contribution is -0.384. The van der Waals surface area contributed by atoms with Crippen LogP contribution in [0.15, 0.2) is 24.3 Å². The summed E-state index contributed by atoms with van der Waals surface area (Å²) in [6.07, 6.45) is 1.48. The van der Waals surface area contributed by atoms with Gasteiger partial charge in [-0.2, -0.15) is 0 Å². The molecule has 1 aliphatic rings. The molecule has 0 radical (unpaired) electrons. The van der Waals surface area contributed by atoms with Gasteiger partial charge >= 0.3 is 12.0 Å². The summed E-state index contributed by atoms with van der Waals surface area (Å²) in [6, 6.07) is 5.63. The molecule has 1 aromatic carbocycles. The topological polar surface area (TPSA) is 113 Å². The van der Waals surface area contributed by atoms with Crippen molar-refractivity contribution >= 4 is 17.7 Å². The van der Waals surface area contributed by atoms with Crippen molar-refractivity contribution in [3.05, 3.63) is 39.9 Å². The summed E-state index contributed by atoms with van der Waals surface area (Å²) in [7, 11) is 0. The van der Waals surface area contributed by atoms with Gasteiger partial charge in [0.2, 0.25) is 0 Å². The molecule has 0 spiro atoms. The van der Waals surface area contributed by atoms with Crippen LogP contribution < -0.4 is 5.32 Å². The number of non-ortho nitro benzene ring substituents is 1. The lowest BCUT2D eigenvalue weighted by Crippen LogP contribution is -2.46. The number of carboxylic acids is 1. The fourth-order valence-electron chi connectivity index (χ4n) is 2.85. The molecule has 0 aromatic heterocycles. The van der Waals surface area contributed by atoms with E-state index in [0.29, 0.717) is 37.9 Å². The second-order valence-corrected chi connectivity index (χ2v) is 5.86. The number of carbonyl (C=O) groups is 2. The van der Waals surface area contributed by atoms with Gasteiger partial charge < -0.3 is 15.3 Å². The standard InChI is InChI=1S/C16H21N3O5/c1-2-14(12-4-3-5-13(10-12)19(23)24)17-16(22)18-8-6-11(7-9-18)15(20)21/h3-5,10-11,14H,2,6-9H2,1H3,(H,17,22)(H,20,21). The Hall–Kier alpha value is -2.64. The van der Waals surface area contributed by atoms with E-state index in [1.165, 1.54) is 12.1 Å². The van der Waals surface area contributed by atoms with Gasteiger partial charge in [0.1, 0.15) is 0 Å². The van der Waals surface area contributed by atoms with Crippen LogP contribution in [0.25, 0.3) is 0 Å². The summed E-state index contributed by atoms with van der Waals surface area (Å²) in [6.45, 7) is 2.68. The fraction of sp³-hybridized carbons (Fsp3) is 0.500. The highest BCUT2D eigenvalue weighted by molar-refractivity contribution is 5.76. The minimum Gasteiger partial charge on any atom is -0.481 e. The third-order valence-electron chi connectivity index (χ3n) is 4.32. The molecule has 24 heavy (non-hydrogen) atoms. The first kappa shape index (κ1) is 17.7. The number of nitrogens with one attached hydrogen (secondary N) is 1. The number of nitro benzene ring substituents is 1. The number of carboxylic acid groups (broad SMARTS) is 1. The number of nitro groups is 1. The number of amides is 2. The monoisotopic (exact) mass is 335 g/mol. The molecule has 1 atom stereocenters. The maximum absolute atomic E-state index is 12.4. The molecule has 8 nitrogen and oxygen atoms in total. The van der Waals surface area contributed by atoms with E-state index < -0.39 is 16.8 Å². The van der Waals surface area contributed by atoms with E-state index in [1.807, 2.05) is 6.92 Å². The van der Waals surface area contributed by atoms with Crippen LogP contribution in [-0.4, -0.2) is 40.0 Å². The van der Waals surface area contributed by atoms with Crippen molar-refractivity contribution in [2.24, 2.45) is 5.92 Å². The Labute approximate surface area is 139 Å². The molecule has 1 aromatic rings. The highest BCUT2D eigenvalue weighted by atomic mass is 16.6. The largest absolute Gasteiger partial charge is 0.481 e. The van der Waals surface area contributed by atoms with Gasteiger partial charge in [-0.3, -0.25) is 14.9 Å². The smallest absolute Gasteiger partial charge is 0.317 e. The van der Waals surface area contributed by atoms with Crippen LogP contribution in [0.3, 0.4) is 0 Å². The van der Waals surface area contributed by atoms with Crippen molar-refractivity contribution in [3.8, 4) is 0 Å². The lowest BCUT2D eigenvalue weighted by atomic mass is 9.97. The number of hydrogen-bond donors (Lipinski definition) is 2. The highest BCUT2D eigenvalue weighted by Gasteiger charge is 2.28. The second kappa shape index (κ2) is 7.76. The molecular weight excluding hydrogens is 314 g/mol. The molecular formula is C16H21N3O5. The summed E-state index contributed by atoms with van der Waals surface area (Å²) in [5.41, 5.74) is 0.669. The van der Waals surface area contributed by atoms with E-state index in [4.69, 9.17) is 5.11 Å². The maximum atomic E-state index is 12.4. The summed E-state index contributed by atoms with van der Waals surface area (Å²) < 4.78 is 0. The van der Waals surface area contributed by atoms with Crippen LogP contribution in [0.1, 0.15) is 37.8 Å². The average Bonchev–Trinajstić information content (AvgIpc) is 2.59. The summed E-state index contributed by atoms with van der Waals surface area (Å²) >= 11 is 0. The molecule has 1 heterocycles. The predicted octanol–water partition coefficient (Wildman–Crippen LogP) is 2.55. The Morgan fingerprint density at radius 2 is 2.08 bits per heavy atom. The Morgan fingerprint density at radius 3 is 2.62 bits per heavy atom. The number of carbonyl (C=O) groups excluding carboxylic acids is 1. The van der Waals surface area contributed by atoms with Gasteiger partial charge in [0.25, 0.3) is 5.69 Å². The zero-order chi connectivity index (χ0) is 17.7.